The molecular formula is C36H22F10. The number of hydrogen-bond acceptors (Lipinski definition) is 0. The minimum atomic E-state index is -2.33. The first-order valence-corrected chi connectivity index (χ1v) is 13.2. The molecule has 0 N–H and O–H groups in total. The fourth-order valence-electron chi connectivity index (χ4n) is 3.56. The Balaban J connectivity index is 0.000000275. The van der Waals surface area contributed by atoms with E-state index in [1.165, 1.54) is 11.1 Å². The van der Waals surface area contributed by atoms with E-state index in [9.17, 15) is 43.9 Å². The normalized spacial score (nSPS) is 12.0. The molecule has 0 spiro atoms. The molecule has 10 heteroatoms. The zero-order valence-corrected chi connectivity index (χ0v) is 23.5. The van der Waals surface area contributed by atoms with Gasteiger partial charge in [0, 0.05) is 0 Å². The van der Waals surface area contributed by atoms with Crippen molar-refractivity contribution in [3.63, 3.8) is 0 Å². The highest BCUT2D eigenvalue weighted by Crippen LogP contribution is 2.25. The van der Waals surface area contributed by atoms with Crippen LogP contribution in [0.3, 0.4) is 0 Å². The zero-order valence-electron chi connectivity index (χ0n) is 23.5. The standard InChI is InChI=1S/C18H6F10.C18H16/c19-9-7(10(20)14(24)17(27)13(9)23)5-3-1-2-4-6-8-11(21)15(25)18(28)16(26)12(8)22;1(5-11-17-13-7-3-8-14-17)2-6-12-18-15-9-4-10-16-18/h1-6H;1-16H/b2-1+,5-3+,6-4+;2-1+,11-5+,12-6+. The van der Waals surface area contributed by atoms with Crippen molar-refractivity contribution in [2.45, 2.75) is 0 Å². The third-order valence-corrected chi connectivity index (χ3v) is 5.86. The van der Waals surface area contributed by atoms with Crippen molar-refractivity contribution in [1.82, 2.24) is 0 Å². The lowest BCUT2D eigenvalue weighted by atomic mass is 10.1. The van der Waals surface area contributed by atoms with Crippen LogP contribution < -0.4 is 0 Å². The highest BCUT2D eigenvalue weighted by atomic mass is 19.2. The summed E-state index contributed by atoms with van der Waals surface area (Å²) in [7, 11) is 0. The molecule has 0 saturated heterocycles. The third-order valence-electron chi connectivity index (χ3n) is 5.86. The molecule has 236 valence electrons. The Morgan fingerprint density at radius 3 is 0.783 bits per heavy atom. The molecule has 0 amide bonds. The second-order valence-electron chi connectivity index (χ2n) is 8.99. The topological polar surface area (TPSA) is 0 Å². The van der Waals surface area contributed by atoms with Gasteiger partial charge in [0.2, 0.25) is 11.6 Å². The van der Waals surface area contributed by atoms with Crippen molar-refractivity contribution in [2.75, 3.05) is 0 Å². The molecule has 0 nitrogen and oxygen atoms in total. The van der Waals surface area contributed by atoms with E-state index >= 15 is 0 Å². The Hall–Kier alpha value is -5.38. The molecule has 0 radical (unpaired) electrons. The van der Waals surface area contributed by atoms with Crippen molar-refractivity contribution in [2.24, 2.45) is 0 Å². The summed E-state index contributed by atoms with van der Waals surface area (Å²) in [6, 6.07) is 20.6. The van der Waals surface area contributed by atoms with Gasteiger partial charge in [-0.3, -0.25) is 0 Å². The summed E-state index contributed by atoms with van der Waals surface area (Å²) >= 11 is 0. The Kier molecular flexibility index (Phi) is 13.1. The van der Waals surface area contributed by atoms with E-state index in [4.69, 9.17) is 0 Å². The number of allylic oxidation sites excluding steroid dienone is 8. The summed E-state index contributed by atoms with van der Waals surface area (Å²) in [6.07, 6.45) is 16.9. The fraction of sp³-hybridized carbons (Fsp3) is 0. The molecule has 4 rings (SSSR count). The molecule has 0 aromatic heterocycles. The second kappa shape index (κ2) is 17.2. The van der Waals surface area contributed by atoms with Gasteiger partial charge in [-0.25, -0.2) is 43.9 Å². The summed E-state index contributed by atoms with van der Waals surface area (Å²) in [5.41, 5.74) is -0.0297. The summed E-state index contributed by atoms with van der Waals surface area (Å²) in [5, 5.41) is 0. The molecule has 4 aromatic rings. The van der Waals surface area contributed by atoms with Crippen LogP contribution in [0, 0.1) is 58.2 Å². The fourth-order valence-corrected chi connectivity index (χ4v) is 3.56. The molecule has 0 aliphatic carbocycles. The van der Waals surface area contributed by atoms with Crippen LogP contribution in [0.25, 0.3) is 24.3 Å². The minimum absolute atomic E-state index is 0.527. The van der Waals surface area contributed by atoms with E-state index in [1.807, 2.05) is 60.7 Å². The van der Waals surface area contributed by atoms with Gasteiger partial charge in [-0.2, -0.15) is 0 Å². The maximum absolute atomic E-state index is 13.4. The Morgan fingerprint density at radius 1 is 0.261 bits per heavy atom. The van der Waals surface area contributed by atoms with Crippen LogP contribution in [0.1, 0.15) is 22.3 Å². The monoisotopic (exact) mass is 644 g/mol. The summed E-state index contributed by atoms with van der Waals surface area (Å²) in [6.45, 7) is 0. The number of halogens is 10. The largest absolute Gasteiger partial charge is 0.203 e. The third kappa shape index (κ3) is 9.31. The first-order chi connectivity index (χ1) is 22.0. The predicted molar refractivity (Wildman–Crippen MR) is 160 cm³/mol. The quantitative estimate of drug-likeness (QED) is 0.0775. The van der Waals surface area contributed by atoms with E-state index in [0.717, 1.165) is 24.3 Å². The SMILES string of the molecule is C(=C\C=C\c1ccccc1)/C=C/c1ccccc1.Fc1c(F)c(F)c(/C=C/C=C/C=C/c2c(F)c(F)c(F)c(F)c2F)c(F)c1F. The van der Waals surface area contributed by atoms with Gasteiger partial charge in [-0.15, -0.1) is 0 Å². The average molecular weight is 645 g/mol. The molecule has 0 unspecified atom stereocenters. The summed E-state index contributed by atoms with van der Waals surface area (Å²) in [4.78, 5) is 0. The van der Waals surface area contributed by atoms with Crippen LogP contribution in [0.4, 0.5) is 43.9 Å². The van der Waals surface area contributed by atoms with Gasteiger partial charge in [0.25, 0.3) is 0 Å². The van der Waals surface area contributed by atoms with Crippen LogP contribution in [0.5, 0.6) is 0 Å². The maximum Gasteiger partial charge on any atom is 0.200 e. The molecule has 0 heterocycles. The zero-order chi connectivity index (χ0) is 33.6. The van der Waals surface area contributed by atoms with Crippen molar-refractivity contribution in [1.29, 1.82) is 0 Å². The molecule has 4 aromatic carbocycles. The van der Waals surface area contributed by atoms with Gasteiger partial charge >= 0.3 is 0 Å². The van der Waals surface area contributed by atoms with Crippen LogP contribution in [-0.4, -0.2) is 0 Å². The van der Waals surface area contributed by atoms with Crippen molar-refractivity contribution < 1.29 is 43.9 Å². The predicted octanol–water partition coefficient (Wildman–Crippen LogP) is 11.3. The van der Waals surface area contributed by atoms with E-state index in [-0.39, 0.29) is 0 Å². The highest BCUT2D eigenvalue weighted by molar-refractivity contribution is 5.56. The molecule has 0 atom stereocenters. The van der Waals surface area contributed by atoms with Gasteiger partial charge in [0.1, 0.15) is 0 Å². The van der Waals surface area contributed by atoms with Crippen LogP contribution in [-0.2, 0) is 0 Å². The second-order valence-corrected chi connectivity index (χ2v) is 8.99. The number of benzene rings is 4. The molecule has 0 aliphatic heterocycles. The van der Waals surface area contributed by atoms with Crippen molar-refractivity contribution in [3.8, 4) is 0 Å². The van der Waals surface area contributed by atoms with Gasteiger partial charge < -0.3 is 0 Å². The smallest absolute Gasteiger partial charge is 0.200 e. The number of rotatable bonds is 8. The molecule has 0 fully saturated rings. The lowest BCUT2D eigenvalue weighted by Crippen LogP contribution is -2.03. The molecule has 0 bridgehead atoms. The molecule has 46 heavy (non-hydrogen) atoms. The van der Waals surface area contributed by atoms with Crippen LogP contribution in [0.2, 0.25) is 0 Å². The number of hydrogen-bond donors (Lipinski definition) is 0. The van der Waals surface area contributed by atoms with E-state index < -0.39 is 69.3 Å². The van der Waals surface area contributed by atoms with E-state index in [0.29, 0.717) is 12.2 Å². The van der Waals surface area contributed by atoms with Crippen LogP contribution in [0.15, 0.2) is 109 Å². The van der Waals surface area contributed by atoms with Crippen LogP contribution >= 0.6 is 0 Å². The van der Waals surface area contributed by atoms with Gasteiger partial charge in [-0.1, -0.05) is 121 Å². The lowest BCUT2D eigenvalue weighted by molar-refractivity contribution is 0.377. The van der Waals surface area contributed by atoms with E-state index in [2.05, 4.69) is 36.4 Å². The highest BCUT2D eigenvalue weighted by Gasteiger charge is 2.25. The first kappa shape index (κ1) is 35.1. The van der Waals surface area contributed by atoms with E-state index in [1.54, 1.807) is 0 Å². The van der Waals surface area contributed by atoms with Gasteiger partial charge in [0.15, 0.2) is 46.5 Å². The first-order valence-electron chi connectivity index (χ1n) is 13.2. The van der Waals surface area contributed by atoms with Gasteiger partial charge in [-0.05, 0) is 23.3 Å². The Labute approximate surface area is 258 Å². The minimum Gasteiger partial charge on any atom is -0.203 e. The summed E-state index contributed by atoms with van der Waals surface area (Å²) in [5.74, 6) is -21.5. The van der Waals surface area contributed by atoms with Gasteiger partial charge in [0.05, 0.1) is 11.1 Å². The summed E-state index contributed by atoms with van der Waals surface area (Å²) < 4.78 is 131. The lowest BCUT2D eigenvalue weighted by Gasteiger charge is -2.03. The Morgan fingerprint density at radius 2 is 0.500 bits per heavy atom. The molecular weight excluding hydrogens is 622 g/mol. The Bertz CT molecular complexity index is 1630. The van der Waals surface area contributed by atoms with Crippen molar-refractivity contribution >= 4 is 24.3 Å². The average Bonchev–Trinajstić information content (AvgIpc) is 3.08. The maximum atomic E-state index is 13.4. The molecule has 0 saturated carbocycles. The molecule has 0 aliphatic rings. The van der Waals surface area contributed by atoms with Crippen molar-refractivity contribution in [3.05, 3.63) is 190 Å².